The van der Waals surface area contributed by atoms with Crippen LogP contribution in [0.4, 0.5) is 4.79 Å². The Balaban J connectivity index is 2.81. The summed E-state index contributed by atoms with van der Waals surface area (Å²) in [5.74, 6) is -0.930. The fraction of sp³-hybridized carbons (Fsp3) is 0.875. The SMILES string of the molecule is CCC(CC)(CO)NC1(CC(=O)O)CN(C(=O)OC(C)(C)C)C1. The van der Waals surface area contributed by atoms with Gasteiger partial charge in [0.25, 0.3) is 0 Å². The van der Waals surface area contributed by atoms with Crippen molar-refractivity contribution in [2.45, 2.75) is 70.6 Å². The first-order valence-electron chi connectivity index (χ1n) is 8.10. The topological polar surface area (TPSA) is 99.1 Å². The predicted octanol–water partition coefficient (Wildman–Crippen LogP) is 1.59. The molecule has 0 spiro atoms. The number of hydrogen-bond acceptors (Lipinski definition) is 5. The summed E-state index contributed by atoms with van der Waals surface area (Å²) in [4.78, 5) is 24.8. The highest BCUT2D eigenvalue weighted by Gasteiger charge is 2.51. The number of carbonyl (C=O) groups is 2. The number of carbonyl (C=O) groups excluding carboxylic acids is 1. The number of likely N-dealkylation sites (tertiary alicyclic amines) is 1. The van der Waals surface area contributed by atoms with Crippen LogP contribution in [0.3, 0.4) is 0 Å². The number of rotatable bonds is 7. The largest absolute Gasteiger partial charge is 0.481 e. The first-order valence-corrected chi connectivity index (χ1v) is 8.10. The van der Waals surface area contributed by atoms with Crippen LogP contribution in [0.2, 0.25) is 0 Å². The number of aliphatic hydroxyl groups excluding tert-OH is 1. The van der Waals surface area contributed by atoms with Crippen LogP contribution in [0.15, 0.2) is 0 Å². The Kier molecular flexibility index (Phi) is 6.04. The molecule has 3 N–H and O–H groups in total. The molecule has 0 aromatic heterocycles. The summed E-state index contributed by atoms with van der Waals surface area (Å²) in [6.07, 6.45) is 0.804. The number of carboxylic acids is 1. The van der Waals surface area contributed by atoms with Gasteiger partial charge in [0.2, 0.25) is 0 Å². The Bertz CT molecular complexity index is 426. The van der Waals surface area contributed by atoms with E-state index in [1.165, 1.54) is 4.90 Å². The summed E-state index contributed by atoms with van der Waals surface area (Å²) in [7, 11) is 0. The summed E-state index contributed by atoms with van der Waals surface area (Å²) in [5.41, 5.74) is -1.84. The molecule has 1 fully saturated rings. The van der Waals surface area contributed by atoms with Crippen molar-refractivity contribution in [2.24, 2.45) is 0 Å². The molecular weight excluding hydrogens is 300 g/mol. The minimum absolute atomic E-state index is 0.0756. The molecule has 1 rings (SSSR count). The van der Waals surface area contributed by atoms with E-state index < -0.39 is 28.7 Å². The van der Waals surface area contributed by atoms with Crippen LogP contribution in [0.25, 0.3) is 0 Å². The summed E-state index contributed by atoms with van der Waals surface area (Å²) in [5, 5.41) is 22.2. The summed E-state index contributed by atoms with van der Waals surface area (Å²) >= 11 is 0. The third-order valence-corrected chi connectivity index (χ3v) is 4.31. The lowest BCUT2D eigenvalue weighted by Crippen LogP contribution is -2.75. The van der Waals surface area contributed by atoms with Crippen molar-refractivity contribution in [3.8, 4) is 0 Å². The second-order valence-corrected chi connectivity index (χ2v) is 7.46. The summed E-state index contributed by atoms with van der Waals surface area (Å²) in [6, 6.07) is 0. The van der Waals surface area contributed by atoms with Crippen LogP contribution in [-0.2, 0) is 9.53 Å². The molecule has 1 amide bonds. The smallest absolute Gasteiger partial charge is 0.410 e. The highest BCUT2D eigenvalue weighted by Crippen LogP contribution is 2.31. The van der Waals surface area contributed by atoms with Crippen molar-refractivity contribution in [1.29, 1.82) is 0 Å². The fourth-order valence-electron chi connectivity index (χ4n) is 2.92. The van der Waals surface area contributed by atoms with Gasteiger partial charge in [-0.2, -0.15) is 0 Å². The van der Waals surface area contributed by atoms with E-state index in [0.29, 0.717) is 12.8 Å². The van der Waals surface area contributed by atoms with E-state index in [1.807, 2.05) is 13.8 Å². The molecule has 0 aromatic rings. The van der Waals surface area contributed by atoms with Gasteiger partial charge in [-0.1, -0.05) is 13.8 Å². The molecule has 0 atom stereocenters. The van der Waals surface area contributed by atoms with Crippen molar-refractivity contribution in [3.05, 3.63) is 0 Å². The van der Waals surface area contributed by atoms with Gasteiger partial charge in [-0.05, 0) is 33.6 Å². The van der Waals surface area contributed by atoms with E-state index in [1.54, 1.807) is 20.8 Å². The number of nitrogens with zero attached hydrogens (tertiary/aromatic N) is 1. The maximum Gasteiger partial charge on any atom is 0.410 e. The molecule has 1 aliphatic rings. The number of aliphatic hydroxyl groups is 1. The molecule has 0 bridgehead atoms. The van der Waals surface area contributed by atoms with Crippen molar-refractivity contribution in [2.75, 3.05) is 19.7 Å². The molecular formula is C16H30N2O5. The van der Waals surface area contributed by atoms with Gasteiger partial charge in [-0.25, -0.2) is 4.79 Å². The van der Waals surface area contributed by atoms with E-state index in [2.05, 4.69) is 5.32 Å². The number of aliphatic carboxylic acids is 1. The minimum Gasteiger partial charge on any atom is -0.481 e. The number of nitrogens with one attached hydrogen (secondary N) is 1. The predicted molar refractivity (Wildman–Crippen MR) is 86.3 cm³/mol. The second-order valence-electron chi connectivity index (χ2n) is 7.46. The molecule has 0 radical (unpaired) electrons. The quantitative estimate of drug-likeness (QED) is 0.655. The third kappa shape index (κ3) is 5.07. The van der Waals surface area contributed by atoms with Gasteiger partial charge >= 0.3 is 12.1 Å². The first kappa shape index (κ1) is 19.7. The van der Waals surface area contributed by atoms with E-state index >= 15 is 0 Å². The Morgan fingerprint density at radius 3 is 2.09 bits per heavy atom. The number of hydrogen-bond donors (Lipinski definition) is 3. The normalized spacial score (nSPS) is 17.6. The third-order valence-electron chi connectivity index (χ3n) is 4.31. The summed E-state index contributed by atoms with van der Waals surface area (Å²) < 4.78 is 5.31. The molecule has 1 saturated heterocycles. The zero-order chi connectivity index (χ0) is 17.9. The summed E-state index contributed by atoms with van der Waals surface area (Å²) in [6.45, 7) is 9.71. The molecule has 0 unspecified atom stereocenters. The van der Waals surface area contributed by atoms with Crippen LogP contribution in [0, 0.1) is 0 Å². The first-order chi connectivity index (χ1) is 10.5. The Morgan fingerprint density at radius 1 is 1.22 bits per heavy atom. The van der Waals surface area contributed by atoms with Gasteiger partial charge in [-0.15, -0.1) is 0 Å². The minimum atomic E-state index is -0.930. The average molecular weight is 330 g/mol. The zero-order valence-electron chi connectivity index (χ0n) is 14.8. The van der Waals surface area contributed by atoms with Crippen LogP contribution in [-0.4, -0.2) is 63.6 Å². The Hall–Kier alpha value is -1.34. The van der Waals surface area contributed by atoms with Crippen LogP contribution in [0.5, 0.6) is 0 Å². The zero-order valence-corrected chi connectivity index (χ0v) is 14.8. The Labute approximate surface area is 138 Å². The van der Waals surface area contributed by atoms with E-state index in [-0.39, 0.29) is 26.1 Å². The molecule has 0 aliphatic carbocycles. The molecule has 23 heavy (non-hydrogen) atoms. The number of ether oxygens (including phenoxy) is 1. The maximum absolute atomic E-state index is 12.1. The van der Waals surface area contributed by atoms with Crippen molar-refractivity contribution in [3.63, 3.8) is 0 Å². The Morgan fingerprint density at radius 2 is 1.74 bits per heavy atom. The standard InChI is InChI=1S/C16H30N2O5/c1-6-15(7-2,11-19)17-16(8-12(20)21)9-18(10-16)13(22)23-14(3,4)5/h17,19H,6-11H2,1-5H3,(H,20,21). The van der Waals surface area contributed by atoms with E-state index in [9.17, 15) is 19.8 Å². The van der Waals surface area contributed by atoms with Gasteiger partial charge in [-0.3, -0.25) is 10.1 Å². The molecule has 134 valence electrons. The fourth-order valence-corrected chi connectivity index (χ4v) is 2.92. The van der Waals surface area contributed by atoms with Gasteiger partial charge in [0, 0.05) is 18.6 Å². The lowest BCUT2D eigenvalue weighted by molar-refractivity contribution is -0.141. The van der Waals surface area contributed by atoms with Crippen molar-refractivity contribution < 1.29 is 24.5 Å². The van der Waals surface area contributed by atoms with Gasteiger partial charge in [0.15, 0.2) is 0 Å². The van der Waals surface area contributed by atoms with Crippen LogP contribution < -0.4 is 5.32 Å². The molecule has 0 saturated carbocycles. The highest BCUT2D eigenvalue weighted by atomic mass is 16.6. The van der Waals surface area contributed by atoms with Crippen molar-refractivity contribution in [1.82, 2.24) is 10.2 Å². The molecule has 7 heteroatoms. The van der Waals surface area contributed by atoms with Gasteiger partial charge in [0.1, 0.15) is 5.60 Å². The molecule has 1 heterocycles. The molecule has 7 nitrogen and oxygen atoms in total. The molecule has 1 aliphatic heterocycles. The van der Waals surface area contributed by atoms with Gasteiger partial charge in [0.05, 0.1) is 18.6 Å². The lowest BCUT2D eigenvalue weighted by Gasteiger charge is -2.53. The second kappa shape index (κ2) is 7.05. The molecule has 0 aromatic carbocycles. The van der Waals surface area contributed by atoms with Gasteiger partial charge < -0.3 is 19.8 Å². The number of amides is 1. The highest BCUT2D eigenvalue weighted by molar-refractivity contribution is 5.73. The lowest BCUT2D eigenvalue weighted by atomic mass is 9.81. The number of carboxylic acid groups (broad SMARTS) is 1. The maximum atomic E-state index is 12.1. The average Bonchev–Trinajstić information content (AvgIpc) is 2.39. The van der Waals surface area contributed by atoms with Crippen LogP contribution in [0.1, 0.15) is 53.9 Å². The van der Waals surface area contributed by atoms with E-state index in [4.69, 9.17) is 4.74 Å². The van der Waals surface area contributed by atoms with Crippen molar-refractivity contribution >= 4 is 12.1 Å². The van der Waals surface area contributed by atoms with E-state index in [0.717, 1.165) is 0 Å². The monoisotopic (exact) mass is 330 g/mol. The van der Waals surface area contributed by atoms with Crippen LogP contribution >= 0.6 is 0 Å².